The van der Waals surface area contributed by atoms with Gasteiger partial charge in [-0.15, -0.1) is 0 Å². The molecule has 17 heavy (non-hydrogen) atoms. The number of carbonyl (C=O) groups excluding carboxylic acids is 1. The van der Waals surface area contributed by atoms with Crippen LogP contribution in [0.1, 0.15) is 20.3 Å². The average molecular weight is 268 g/mol. The molecule has 0 saturated heterocycles. The van der Waals surface area contributed by atoms with Gasteiger partial charge in [-0.25, -0.2) is 4.18 Å². The van der Waals surface area contributed by atoms with Crippen LogP contribution in [0.2, 0.25) is 0 Å². The zero-order valence-electron chi connectivity index (χ0n) is 10.2. The van der Waals surface area contributed by atoms with Gasteiger partial charge >= 0.3 is 10.4 Å². The Balaban J connectivity index is 3.64. The molecule has 102 valence electrons. The Morgan fingerprint density at radius 2 is 2.06 bits per heavy atom. The molecular formula is C9H20N2O5S. The minimum Gasteiger partial charge on any atom is -0.355 e. The van der Waals surface area contributed by atoms with Gasteiger partial charge in [0, 0.05) is 26.6 Å². The van der Waals surface area contributed by atoms with Crippen LogP contribution >= 0.6 is 0 Å². The molecule has 0 aliphatic heterocycles. The van der Waals surface area contributed by atoms with Gasteiger partial charge in [-0.1, -0.05) is 6.92 Å². The number of carbonyl (C=O) groups is 1. The monoisotopic (exact) mass is 268 g/mol. The van der Waals surface area contributed by atoms with E-state index in [9.17, 15) is 13.2 Å². The fourth-order valence-corrected chi connectivity index (χ4v) is 1.60. The lowest BCUT2D eigenvalue weighted by atomic mass is 10.4. The molecule has 0 aromatic heterocycles. The maximum absolute atomic E-state index is 10.6. The zero-order valence-corrected chi connectivity index (χ0v) is 11.0. The van der Waals surface area contributed by atoms with Crippen molar-refractivity contribution < 1.29 is 21.9 Å². The molecule has 0 aromatic carbocycles. The summed E-state index contributed by atoms with van der Waals surface area (Å²) in [5.41, 5.74) is 0. The van der Waals surface area contributed by atoms with Gasteiger partial charge in [-0.2, -0.15) is 8.42 Å². The first-order valence-electron chi connectivity index (χ1n) is 5.43. The molecular weight excluding hydrogens is 248 g/mol. The quantitative estimate of drug-likeness (QED) is 0.438. The number of rotatable bonds is 9. The third-order valence-corrected chi connectivity index (χ3v) is 2.56. The minimum atomic E-state index is -4.33. The van der Waals surface area contributed by atoms with Crippen molar-refractivity contribution in [3.63, 3.8) is 0 Å². The zero-order chi connectivity index (χ0) is 13.3. The SMILES string of the molecule is CCN(CCCOS(=O)(=O)O)CCNC(C)=O. The third kappa shape index (κ3) is 11.6. The van der Waals surface area contributed by atoms with Crippen LogP contribution in [0.5, 0.6) is 0 Å². The Kier molecular flexibility index (Phi) is 8.05. The van der Waals surface area contributed by atoms with E-state index >= 15 is 0 Å². The molecule has 2 N–H and O–H groups in total. The van der Waals surface area contributed by atoms with Gasteiger partial charge in [0.1, 0.15) is 0 Å². The van der Waals surface area contributed by atoms with Crippen molar-refractivity contribution >= 4 is 16.3 Å². The molecule has 0 bridgehead atoms. The summed E-state index contributed by atoms with van der Waals surface area (Å²) in [7, 11) is -4.33. The fraction of sp³-hybridized carbons (Fsp3) is 0.889. The van der Waals surface area contributed by atoms with Gasteiger partial charge < -0.3 is 10.2 Å². The van der Waals surface area contributed by atoms with Gasteiger partial charge in [-0.3, -0.25) is 9.35 Å². The molecule has 0 aromatic rings. The van der Waals surface area contributed by atoms with E-state index in [1.165, 1.54) is 6.92 Å². The van der Waals surface area contributed by atoms with Crippen molar-refractivity contribution in [2.75, 3.05) is 32.8 Å². The molecule has 0 aliphatic rings. The average Bonchev–Trinajstić information content (AvgIpc) is 2.19. The second-order valence-electron chi connectivity index (χ2n) is 3.52. The second-order valence-corrected chi connectivity index (χ2v) is 4.61. The molecule has 1 amide bonds. The summed E-state index contributed by atoms with van der Waals surface area (Å²) in [5, 5.41) is 2.68. The number of nitrogens with one attached hydrogen (secondary N) is 1. The van der Waals surface area contributed by atoms with E-state index in [2.05, 4.69) is 9.50 Å². The molecule has 0 unspecified atom stereocenters. The summed E-state index contributed by atoms with van der Waals surface area (Å²) in [5.74, 6) is -0.0734. The van der Waals surface area contributed by atoms with E-state index in [0.717, 1.165) is 6.54 Å². The second kappa shape index (κ2) is 8.40. The van der Waals surface area contributed by atoms with Crippen LogP contribution in [-0.4, -0.2) is 56.6 Å². The van der Waals surface area contributed by atoms with Crippen molar-refractivity contribution in [2.24, 2.45) is 0 Å². The molecule has 0 atom stereocenters. The first-order chi connectivity index (χ1) is 7.85. The summed E-state index contributed by atoms with van der Waals surface area (Å²) in [6.07, 6.45) is 0.494. The Hall–Kier alpha value is -0.700. The number of hydrogen-bond acceptors (Lipinski definition) is 5. The van der Waals surface area contributed by atoms with E-state index in [4.69, 9.17) is 4.55 Å². The van der Waals surface area contributed by atoms with Crippen LogP contribution < -0.4 is 5.32 Å². The molecule has 0 saturated carbocycles. The predicted molar refractivity (Wildman–Crippen MR) is 62.9 cm³/mol. The van der Waals surface area contributed by atoms with E-state index in [0.29, 0.717) is 26.1 Å². The maximum Gasteiger partial charge on any atom is 0.397 e. The van der Waals surface area contributed by atoms with E-state index in [1.54, 1.807) is 0 Å². The van der Waals surface area contributed by atoms with Crippen molar-refractivity contribution in [1.29, 1.82) is 0 Å². The van der Waals surface area contributed by atoms with E-state index in [-0.39, 0.29) is 12.5 Å². The summed E-state index contributed by atoms with van der Waals surface area (Å²) in [6.45, 7) is 6.07. The standard InChI is InChI=1S/C9H20N2O5S/c1-3-11(7-5-10-9(2)12)6-4-8-16-17(13,14)15/h3-8H2,1-2H3,(H,10,12)(H,13,14,15). The highest BCUT2D eigenvalue weighted by atomic mass is 32.3. The topological polar surface area (TPSA) is 95.9 Å². The van der Waals surface area contributed by atoms with Crippen LogP contribution in [0.25, 0.3) is 0 Å². The normalized spacial score (nSPS) is 11.8. The van der Waals surface area contributed by atoms with Gasteiger partial charge in [0.15, 0.2) is 0 Å². The van der Waals surface area contributed by atoms with Crippen molar-refractivity contribution in [3.8, 4) is 0 Å². The van der Waals surface area contributed by atoms with Crippen LogP contribution in [0.3, 0.4) is 0 Å². The van der Waals surface area contributed by atoms with Gasteiger partial charge in [0.25, 0.3) is 0 Å². The molecule has 7 nitrogen and oxygen atoms in total. The van der Waals surface area contributed by atoms with Crippen LogP contribution in [0, 0.1) is 0 Å². The number of nitrogens with zero attached hydrogens (tertiary/aromatic N) is 1. The Bertz CT molecular complexity index is 317. The van der Waals surface area contributed by atoms with Crippen LogP contribution in [0.15, 0.2) is 0 Å². The first kappa shape index (κ1) is 16.3. The van der Waals surface area contributed by atoms with Crippen molar-refractivity contribution in [1.82, 2.24) is 10.2 Å². The molecule has 0 rings (SSSR count). The lowest BCUT2D eigenvalue weighted by Crippen LogP contribution is -2.34. The van der Waals surface area contributed by atoms with Crippen LogP contribution in [-0.2, 0) is 19.4 Å². The third-order valence-electron chi connectivity index (χ3n) is 2.10. The van der Waals surface area contributed by atoms with Crippen molar-refractivity contribution in [2.45, 2.75) is 20.3 Å². The fourth-order valence-electron chi connectivity index (χ4n) is 1.27. The molecule has 0 heterocycles. The van der Waals surface area contributed by atoms with Gasteiger partial charge in [0.05, 0.1) is 6.61 Å². The summed E-state index contributed by atoms with van der Waals surface area (Å²) >= 11 is 0. The van der Waals surface area contributed by atoms with Gasteiger partial charge in [0.2, 0.25) is 5.91 Å². The summed E-state index contributed by atoms with van der Waals surface area (Å²) in [4.78, 5) is 12.7. The highest BCUT2D eigenvalue weighted by molar-refractivity contribution is 7.80. The van der Waals surface area contributed by atoms with E-state index in [1.807, 2.05) is 11.8 Å². The highest BCUT2D eigenvalue weighted by Crippen LogP contribution is 1.94. The molecule has 0 radical (unpaired) electrons. The van der Waals surface area contributed by atoms with Gasteiger partial charge in [-0.05, 0) is 13.0 Å². The largest absolute Gasteiger partial charge is 0.397 e. The minimum absolute atomic E-state index is 0.0462. The summed E-state index contributed by atoms with van der Waals surface area (Å²) < 4.78 is 33.1. The molecule has 0 aliphatic carbocycles. The lowest BCUT2D eigenvalue weighted by Gasteiger charge is -2.19. The maximum atomic E-state index is 10.6. The van der Waals surface area contributed by atoms with E-state index < -0.39 is 10.4 Å². The number of amides is 1. The number of hydrogen-bond donors (Lipinski definition) is 2. The molecule has 0 fully saturated rings. The smallest absolute Gasteiger partial charge is 0.355 e. The molecule has 8 heteroatoms. The number of likely N-dealkylation sites (N-methyl/N-ethyl adjacent to an activating group) is 1. The first-order valence-corrected chi connectivity index (χ1v) is 6.80. The Morgan fingerprint density at radius 3 is 2.53 bits per heavy atom. The summed E-state index contributed by atoms with van der Waals surface area (Å²) in [6, 6.07) is 0. The Morgan fingerprint density at radius 1 is 1.41 bits per heavy atom. The lowest BCUT2D eigenvalue weighted by molar-refractivity contribution is -0.119. The Labute approximate surface area is 102 Å². The molecule has 0 spiro atoms. The van der Waals surface area contributed by atoms with Crippen molar-refractivity contribution in [3.05, 3.63) is 0 Å². The van der Waals surface area contributed by atoms with Crippen LogP contribution in [0.4, 0.5) is 0 Å². The predicted octanol–water partition coefficient (Wildman–Crippen LogP) is -0.346. The highest BCUT2D eigenvalue weighted by Gasteiger charge is 2.06.